The quantitative estimate of drug-likeness (QED) is 0.670. The Morgan fingerprint density at radius 2 is 2.00 bits per heavy atom. The summed E-state index contributed by atoms with van der Waals surface area (Å²) in [6.07, 6.45) is 0. The fraction of sp³-hybridized carbons (Fsp3) is 0. The van der Waals surface area contributed by atoms with Gasteiger partial charge in [0, 0.05) is 5.38 Å². The average Bonchev–Trinajstić information content (AvgIpc) is 2.89. The third-order valence-electron chi connectivity index (χ3n) is 2.41. The van der Waals surface area contributed by atoms with E-state index in [0.29, 0.717) is 31.5 Å². The van der Waals surface area contributed by atoms with Gasteiger partial charge in [-0.3, -0.25) is 0 Å². The van der Waals surface area contributed by atoms with Crippen LogP contribution in [0.3, 0.4) is 0 Å². The number of rotatable bonds is 2. The predicted octanol–water partition coefficient (Wildman–Crippen LogP) is 5.33. The average molecular weight is 319 g/mol. The Morgan fingerprint density at radius 3 is 2.67 bits per heavy atom. The summed E-state index contributed by atoms with van der Waals surface area (Å²) in [5, 5.41) is 5.99. The van der Waals surface area contributed by atoms with Crippen molar-refractivity contribution in [3.05, 3.63) is 38.0 Å². The molecule has 3 nitrogen and oxygen atoms in total. The molecule has 0 bridgehead atoms. The van der Waals surface area contributed by atoms with Crippen molar-refractivity contribution >= 4 is 68.8 Å². The predicted molar refractivity (Wildman–Crippen MR) is 78.7 cm³/mol. The third kappa shape index (κ3) is 2.06. The Balaban J connectivity index is 2.03. The number of aromatic amines is 1. The summed E-state index contributed by atoms with van der Waals surface area (Å²) in [5.74, 6) is 0.556. The Bertz CT molecular complexity index is 700. The molecule has 0 aliphatic rings. The van der Waals surface area contributed by atoms with Gasteiger partial charge >= 0.3 is 0 Å². The number of thiophene rings is 1. The number of benzene rings is 1. The van der Waals surface area contributed by atoms with Gasteiger partial charge in [-0.15, -0.1) is 11.3 Å². The van der Waals surface area contributed by atoms with Gasteiger partial charge in [0.1, 0.15) is 9.85 Å². The molecule has 1 aromatic carbocycles. The number of H-pyrrole nitrogens is 1. The lowest BCUT2D eigenvalue weighted by Crippen LogP contribution is -1.91. The number of para-hydroxylation sites is 1. The molecule has 7 heteroatoms. The van der Waals surface area contributed by atoms with Gasteiger partial charge in [0.15, 0.2) is 0 Å². The molecule has 0 aliphatic carbocycles. The van der Waals surface area contributed by atoms with Crippen LogP contribution in [0.25, 0.3) is 11.0 Å². The zero-order chi connectivity index (χ0) is 12.7. The Labute approximate surface area is 122 Å². The highest BCUT2D eigenvalue weighted by Crippen LogP contribution is 2.38. The van der Waals surface area contributed by atoms with E-state index in [1.54, 1.807) is 11.4 Å². The molecule has 0 unspecified atom stereocenters. The van der Waals surface area contributed by atoms with E-state index in [1.807, 2.05) is 12.1 Å². The fourth-order valence-corrected chi connectivity index (χ4v) is 3.08. The maximum atomic E-state index is 6.05. The minimum Gasteiger partial charge on any atom is -0.324 e. The van der Waals surface area contributed by atoms with Crippen molar-refractivity contribution in [2.45, 2.75) is 0 Å². The summed E-state index contributed by atoms with van der Waals surface area (Å²) >= 11 is 19.5. The van der Waals surface area contributed by atoms with Gasteiger partial charge in [-0.1, -0.05) is 40.9 Å². The minimum atomic E-state index is 0.556. The highest BCUT2D eigenvalue weighted by Gasteiger charge is 2.11. The molecule has 2 aromatic heterocycles. The van der Waals surface area contributed by atoms with Gasteiger partial charge in [-0.25, -0.2) is 4.98 Å². The number of fused-ring (bicyclic) bond motifs is 1. The van der Waals surface area contributed by atoms with Crippen molar-refractivity contribution in [2.75, 3.05) is 5.32 Å². The highest BCUT2D eigenvalue weighted by atomic mass is 35.5. The molecule has 18 heavy (non-hydrogen) atoms. The topological polar surface area (TPSA) is 40.7 Å². The van der Waals surface area contributed by atoms with E-state index in [1.165, 1.54) is 11.3 Å². The SMILES string of the molecule is Clc1csc(Cl)c1Nc1nc2c(Cl)cccc2[nH]1. The third-order valence-corrected chi connectivity index (χ3v) is 4.36. The Kier molecular flexibility index (Phi) is 3.11. The molecule has 0 radical (unpaired) electrons. The summed E-state index contributed by atoms with van der Waals surface area (Å²) in [6.45, 7) is 0. The van der Waals surface area contributed by atoms with Crippen LogP contribution in [0.15, 0.2) is 23.6 Å². The first-order valence-corrected chi connectivity index (χ1v) is 7.00. The molecule has 0 aliphatic heterocycles. The zero-order valence-corrected chi connectivity index (χ0v) is 11.9. The first kappa shape index (κ1) is 12.1. The number of nitrogens with one attached hydrogen (secondary N) is 2. The van der Waals surface area contributed by atoms with E-state index in [0.717, 1.165) is 5.52 Å². The highest BCUT2D eigenvalue weighted by molar-refractivity contribution is 7.15. The van der Waals surface area contributed by atoms with Gasteiger partial charge in [-0.05, 0) is 12.1 Å². The van der Waals surface area contributed by atoms with Crippen molar-refractivity contribution in [2.24, 2.45) is 0 Å². The van der Waals surface area contributed by atoms with E-state index in [2.05, 4.69) is 15.3 Å². The van der Waals surface area contributed by atoms with Crippen LogP contribution in [0.1, 0.15) is 0 Å². The van der Waals surface area contributed by atoms with Gasteiger partial charge < -0.3 is 10.3 Å². The van der Waals surface area contributed by atoms with Crippen molar-refractivity contribution in [3.63, 3.8) is 0 Å². The summed E-state index contributed by atoms with van der Waals surface area (Å²) < 4.78 is 0.589. The lowest BCUT2D eigenvalue weighted by molar-refractivity contribution is 1.32. The summed E-state index contributed by atoms with van der Waals surface area (Å²) in [6, 6.07) is 5.55. The Morgan fingerprint density at radius 1 is 1.17 bits per heavy atom. The van der Waals surface area contributed by atoms with Gasteiger partial charge in [0.05, 0.1) is 21.2 Å². The molecule has 0 atom stereocenters. The standard InChI is InChI=1S/C11H6Cl3N3S/c12-5-2-1-3-7-8(5)16-11(15-7)17-9-6(13)4-18-10(9)14/h1-4H,(H2,15,16,17). The number of nitrogens with zero attached hydrogens (tertiary/aromatic N) is 1. The second-order valence-electron chi connectivity index (χ2n) is 3.58. The number of anilines is 2. The zero-order valence-electron chi connectivity index (χ0n) is 8.80. The smallest absolute Gasteiger partial charge is 0.205 e. The van der Waals surface area contributed by atoms with E-state index in [4.69, 9.17) is 34.8 Å². The van der Waals surface area contributed by atoms with Crippen LogP contribution in [-0.2, 0) is 0 Å². The number of hydrogen-bond acceptors (Lipinski definition) is 3. The van der Waals surface area contributed by atoms with E-state index >= 15 is 0 Å². The summed E-state index contributed by atoms with van der Waals surface area (Å²) in [7, 11) is 0. The Hall–Kier alpha value is -0.940. The second-order valence-corrected chi connectivity index (χ2v) is 5.87. The van der Waals surface area contributed by atoms with Crippen LogP contribution in [0.5, 0.6) is 0 Å². The lowest BCUT2D eigenvalue weighted by Gasteiger charge is -2.00. The van der Waals surface area contributed by atoms with E-state index in [-0.39, 0.29) is 0 Å². The van der Waals surface area contributed by atoms with E-state index < -0.39 is 0 Å². The van der Waals surface area contributed by atoms with Crippen molar-refractivity contribution in [1.82, 2.24) is 9.97 Å². The molecule has 3 rings (SSSR count). The molecule has 0 saturated carbocycles. The van der Waals surface area contributed by atoms with Crippen LogP contribution in [0, 0.1) is 0 Å². The molecule has 0 saturated heterocycles. The normalized spacial score (nSPS) is 11.1. The molecule has 0 fully saturated rings. The van der Waals surface area contributed by atoms with E-state index in [9.17, 15) is 0 Å². The number of hydrogen-bond donors (Lipinski definition) is 2. The molecule has 2 heterocycles. The molecule has 2 N–H and O–H groups in total. The molecule has 92 valence electrons. The van der Waals surface area contributed by atoms with Crippen molar-refractivity contribution in [3.8, 4) is 0 Å². The lowest BCUT2D eigenvalue weighted by atomic mass is 10.3. The maximum Gasteiger partial charge on any atom is 0.205 e. The van der Waals surface area contributed by atoms with Crippen molar-refractivity contribution < 1.29 is 0 Å². The van der Waals surface area contributed by atoms with Crippen LogP contribution >= 0.6 is 46.1 Å². The first-order chi connectivity index (χ1) is 8.65. The van der Waals surface area contributed by atoms with Gasteiger partial charge in [0.25, 0.3) is 0 Å². The van der Waals surface area contributed by atoms with Crippen LogP contribution < -0.4 is 5.32 Å². The molecule has 3 aromatic rings. The molecular formula is C11H6Cl3N3S. The monoisotopic (exact) mass is 317 g/mol. The molecule has 0 spiro atoms. The minimum absolute atomic E-state index is 0.556. The first-order valence-electron chi connectivity index (χ1n) is 4.99. The number of aromatic nitrogens is 2. The summed E-state index contributed by atoms with van der Waals surface area (Å²) in [4.78, 5) is 7.47. The van der Waals surface area contributed by atoms with Gasteiger partial charge in [0.2, 0.25) is 5.95 Å². The van der Waals surface area contributed by atoms with Crippen LogP contribution in [-0.4, -0.2) is 9.97 Å². The summed E-state index contributed by atoms with van der Waals surface area (Å²) in [5.41, 5.74) is 2.22. The van der Waals surface area contributed by atoms with Crippen LogP contribution in [0.4, 0.5) is 11.6 Å². The molecule has 0 amide bonds. The number of halogens is 3. The fourth-order valence-electron chi connectivity index (χ4n) is 1.60. The largest absolute Gasteiger partial charge is 0.324 e. The number of imidazole rings is 1. The maximum absolute atomic E-state index is 6.05. The molecular weight excluding hydrogens is 313 g/mol. The van der Waals surface area contributed by atoms with Crippen LogP contribution in [0.2, 0.25) is 14.4 Å². The second kappa shape index (κ2) is 4.63. The van der Waals surface area contributed by atoms with Crippen molar-refractivity contribution in [1.29, 1.82) is 0 Å². The van der Waals surface area contributed by atoms with Gasteiger partial charge in [-0.2, -0.15) is 0 Å².